The lowest BCUT2D eigenvalue weighted by Crippen LogP contribution is -2.53. The van der Waals surface area contributed by atoms with Gasteiger partial charge in [0.1, 0.15) is 7.14 Å². The van der Waals surface area contributed by atoms with Crippen LogP contribution in [0.2, 0.25) is 0 Å². The highest BCUT2D eigenvalue weighted by Crippen LogP contribution is 2.71. The third-order valence-corrected chi connectivity index (χ3v) is 10.8. The third-order valence-electron chi connectivity index (χ3n) is 6.52. The number of carbonyl (C=O) groups is 2. The number of hydrogen-bond acceptors (Lipinski definition) is 3. The average Bonchev–Trinajstić information content (AvgIpc) is 2.97. The summed E-state index contributed by atoms with van der Waals surface area (Å²) in [5, 5.41) is 1.31. The molecule has 2 saturated heterocycles. The molecule has 142 valence electrons. The molecule has 0 saturated carbocycles. The van der Waals surface area contributed by atoms with Crippen LogP contribution in [0.1, 0.15) is 6.92 Å². The molecule has 1 aliphatic carbocycles. The summed E-state index contributed by atoms with van der Waals surface area (Å²) >= 11 is 6.60. The van der Waals surface area contributed by atoms with Crippen molar-refractivity contribution in [1.82, 2.24) is 0 Å². The molecule has 3 heterocycles. The maximum Gasteiger partial charge on any atom is 0.238 e. The molecule has 3 aliphatic heterocycles. The predicted octanol–water partition coefficient (Wildman–Crippen LogP) is 4.01. The number of para-hydroxylation sites is 1. The molecule has 0 aromatic heterocycles. The SMILES string of the molecule is CC12CP(=O)(c3ccccc3)C(C=C1Cl)C1C(=O)N(c3ccccc3)C(=O)C12. The van der Waals surface area contributed by atoms with Crippen molar-refractivity contribution in [1.29, 1.82) is 0 Å². The first kappa shape index (κ1) is 17.9. The van der Waals surface area contributed by atoms with E-state index in [4.69, 9.17) is 11.6 Å². The number of amides is 2. The van der Waals surface area contributed by atoms with Crippen LogP contribution in [0, 0.1) is 17.3 Å². The number of halogens is 1. The maximum atomic E-state index is 14.2. The fourth-order valence-electron chi connectivity index (χ4n) is 5.22. The van der Waals surface area contributed by atoms with Gasteiger partial charge in [-0.1, -0.05) is 73.1 Å². The fraction of sp³-hybridized carbons (Fsp3) is 0.273. The Morgan fingerprint density at radius 1 is 1.00 bits per heavy atom. The Labute approximate surface area is 168 Å². The van der Waals surface area contributed by atoms with Gasteiger partial charge in [0.05, 0.1) is 17.5 Å². The molecule has 2 fully saturated rings. The van der Waals surface area contributed by atoms with Gasteiger partial charge >= 0.3 is 0 Å². The van der Waals surface area contributed by atoms with E-state index in [0.29, 0.717) is 16.9 Å². The van der Waals surface area contributed by atoms with Gasteiger partial charge in [-0.05, 0) is 12.1 Å². The van der Waals surface area contributed by atoms with Gasteiger partial charge in [0.25, 0.3) is 0 Å². The molecule has 28 heavy (non-hydrogen) atoms. The van der Waals surface area contributed by atoms with Crippen molar-refractivity contribution < 1.29 is 14.2 Å². The van der Waals surface area contributed by atoms with Crippen LogP contribution in [-0.4, -0.2) is 23.6 Å². The highest BCUT2D eigenvalue weighted by Gasteiger charge is 2.69. The normalized spacial score (nSPS) is 36.4. The molecule has 0 radical (unpaired) electrons. The zero-order chi connectivity index (χ0) is 19.7. The summed E-state index contributed by atoms with van der Waals surface area (Å²) in [7, 11) is -2.94. The first-order chi connectivity index (χ1) is 13.4. The molecule has 5 atom stereocenters. The number of hydrogen-bond donors (Lipinski definition) is 0. The lowest BCUT2D eigenvalue weighted by atomic mass is 9.67. The number of allylic oxidation sites excluding steroid dienone is 2. The Bertz CT molecular complexity index is 1070. The predicted molar refractivity (Wildman–Crippen MR) is 110 cm³/mol. The summed E-state index contributed by atoms with van der Waals surface area (Å²) in [4.78, 5) is 28.1. The first-order valence-electron chi connectivity index (χ1n) is 9.33. The Morgan fingerprint density at radius 3 is 2.25 bits per heavy atom. The van der Waals surface area contributed by atoms with Gasteiger partial charge in [0.2, 0.25) is 11.8 Å². The van der Waals surface area contributed by atoms with E-state index in [-0.39, 0.29) is 11.8 Å². The molecule has 6 rings (SSSR count). The fourth-order valence-corrected chi connectivity index (χ4v) is 9.69. The highest BCUT2D eigenvalue weighted by atomic mass is 35.5. The van der Waals surface area contributed by atoms with Gasteiger partial charge in [-0.15, -0.1) is 0 Å². The van der Waals surface area contributed by atoms with Crippen molar-refractivity contribution in [3.8, 4) is 0 Å². The van der Waals surface area contributed by atoms with Crippen molar-refractivity contribution >= 4 is 41.5 Å². The molecular formula is C22H19ClNO3P. The molecule has 4 nitrogen and oxygen atoms in total. The molecule has 2 amide bonds. The lowest BCUT2D eigenvalue weighted by Gasteiger charge is -2.51. The summed E-state index contributed by atoms with van der Waals surface area (Å²) in [6, 6.07) is 18.3. The Hall–Kier alpha value is -2.16. The van der Waals surface area contributed by atoms with E-state index in [1.165, 1.54) is 4.90 Å². The van der Waals surface area contributed by atoms with Crippen molar-refractivity contribution in [3.05, 3.63) is 71.8 Å². The molecule has 2 aromatic rings. The van der Waals surface area contributed by atoms with Gasteiger partial charge < -0.3 is 4.57 Å². The van der Waals surface area contributed by atoms with Crippen molar-refractivity contribution in [2.24, 2.45) is 17.3 Å². The number of imide groups is 1. The number of rotatable bonds is 2. The summed E-state index contributed by atoms with van der Waals surface area (Å²) in [6.07, 6.45) is 2.10. The van der Waals surface area contributed by atoms with Crippen molar-refractivity contribution in [2.45, 2.75) is 12.6 Å². The second kappa shape index (κ2) is 5.92. The largest absolute Gasteiger partial charge is 0.318 e. The smallest absolute Gasteiger partial charge is 0.238 e. The molecule has 6 heteroatoms. The standard InChI is InChI=1S/C22H19ClNO3P/c1-22-13-28(27,15-10-6-3-7-11-15)16(12-17(22)23)18-19(22)21(26)24(20(18)25)14-8-4-2-5-9-14/h2-12,16,18-19H,13H2,1H3. The van der Waals surface area contributed by atoms with Crippen LogP contribution in [0.4, 0.5) is 5.69 Å². The number of carbonyl (C=O) groups excluding carboxylic acids is 2. The quantitative estimate of drug-likeness (QED) is 0.554. The Balaban J connectivity index is 1.68. The Kier molecular flexibility index (Phi) is 3.78. The van der Waals surface area contributed by atoms with E-state index in [0.717, 1.165) is 5.30 Å². The van der Waals surface area contributed by atoms with E-state index in [1.807, 2.05) is 43.3 Å². The second-order valence-electron chi connectivity index (χ2n) is 8.06. The van der Waals surface area contributed by atoms with Gasteiger partial charge in [-0.25, -0.2) is 4.90 Å². The van der Waals surface area contributed by atoms with E-state index in [1.54, 1.807) is 30.3 Å². The molecule has 5 unspecified atom stereocenters. The second-order valence-corrected chi connectivity index (χ2v) is 11.5. The Morgan fingerprint density at radius 2 is 1.61 bits per heavy atom. The van der Waals surface area contributed by atoms with Crippen LogP contribution in [0.15, 0.2) is 71.8 Å². The third kappa shape index (κ3) is 2.16. The minimum absolute atomic E-state index is 0.237. The topological polar surface area (TPSA) is 54.5 Å². The monoisotopic (exact) mass is 411 g/mol. The minimum atomic E-state index is -2.94. The number of benzene rings is 2. The molecule has 0 N–H and O–H groups in total. The van der Waals surface area contributed by atoms with Crippen molar-refractivity contribution in [2.75, 3.05) is 11.1 Å². The summed E-state index contributed by atoms with van der Waals surface area (Å²) in [5.74, 6) is -1.72. The minimum Gasteiger partial charge on any atom is -0.318 e. The van der Waals surface area contributed by atoms with E-state index < -0.39 is 30.1 Å². The number of fused-ring (bicyclic) bond motifs is 1. The van der Waals surface area contributed by atoms with E-state index >= 15 is 0 Å². The van der Waals surface area contributed by atoms with Crippen LogP contribution in [0.25, 0.3) is 0 Å². The van der Waals surface area contributed by atoms with Crippen molar-refractivity contribution in [3.63, 3.8) is 0 Å². The van der Waals surface area contributed by atoms with Crippen LogP contribution in [0.3, 0.4) is 0 Å². The zero-order valence-electron chi connectivity index (χ0n) is 15.3. The van der Waals surface area contributed by atoms with Crippen LogP contribution < -0.4 is 10.2 Å². The summed E-state index contributed by atoms with van der Waals surface area (Å²) in [5.41, 5.74) is -0.789. The van der Waals surface area contributed by atoms with Gasteiger partial charge in [-0.3, -0.25) is 9.59 Å². The van der Waals surface area contributed by atoms with E-state index in [2.05, 4.69) is 0 Å². The highest BCUT2D eigenvalue weighted by molar-refractivity contribution is 7.72. The lowest BCUT2D eigenvalue weighted by molar-refractivity contribution is -0.123. The van der Waals surface area contributed by atoms with Gasteiger partial charge in [-0.2, -0.15) is 0 Å². The van der Waals surface area contributed by atoms with Crippen LogP contribution in [0.5, 0.6) is 0 Å². The summed E-state index contributed by atoms with van der Waals surface area (Å²) < 4.78 is 14.2. The average molecular weight is 412 g/mol. The molecular weight excluding hydrogens is 393 g/mol. The van der Waals surface area contributed by atoms with Crippen LogP contribution >= 0.6 is 18.7 Å². The molecule has 0 spiro atoms. The maximum absolute atomic E-state index is 14.2. The summed E-state index contributed by atoms with van der Waals surface area (Å²) in [6.45, 7) is 1.88. The zero-order valence-corrected chi connectivity index (χ0v) is 16.9. The van der Waals surface area contributed by atoms with Gasteiger partial charge in [0, 0.05) is 27.6 Å². The van der Waals surface area contributed by atoms with Crippen LogP contribution in [-0.2, 0) is 14.2 Å². The molecule has 2 bridgehead atoms. The number of nitrogens with zero attached hydrogens (tertiary/aromatic N) is 1. The number of anilines is 1. The molecule has 4 aliphatic rings. The molecule has 2 aromatic carbocycles. The first-order valence-corrected chi connectivity index (χ1v) is 11.7. The van der Waals surface area contributed by atoms with Gasteiger partial charge in [0.15, 0.2) is 0 Å². The van der Waals surface area contributed by atoms with E-state index in [9.17, 15) is 14.2 Å².